The van der Waals surface area contributed by atoms with Crippen LogP contribution in [0.5, 0.6) is 0 Å². The molecule has 234 valence electrons. The van der Waals surface area contributed by atoms with Crippen molar-refractivity contribution in [2.24, 2.45) is 0 Å². The van der Waals surface area contributed by atoms with Gasteiger partial charge in [-0.05, 0) is 88.4 Å². The maximum Gasteiger partial charge on any atom is 0.331 e. The van der Waals surface area contributed by atoms with Crippen molar-refractivity contribution in [2.45, 2.75) is 58.1 Å². The Kier molecular flexibility index (Phi) is 9.20. The lowest BCUT2D eigenvalue weighted by Gasteiger charge is -2.42. The minimum absolute atomic E-state index is 0.0762. The van der Waals surface area contributed by atoms with E-state index in [1.807, 2.05) is 45.9 Å². The number of hydrogen-bond donors (Lipinski definition) is 2. The first-order valence-corrected chi connectivity index (χ1v) is 15.7. The quantitative estimate of drug-likeness (QED) is 0.138. The smallest absolute Gasteiger partial charge is 0.331 e. The molecule has 0 spiro atoms. The zero-order chi connectivity index (χ0) is 32.7. The van der Waals surface area contributed by atoms with E-state index in [0.29, 0.717) is 55.8 Å². The highest BCUT2D eigenvalue weighted by atomic mass is 35.5. The molecule has 0 amide bonds. The zero-order valence-electron chi connectivity index (χ0n) is 25.5. The topological polar surface area (TPSA) is 93.2 Å². The maximum absolute atomic E-state index is 14.8. The summed E-state index contributed by atoms with van der Waals surface area (Å²) in [5.74, 6) is -0.916. The van der Waals surface area contributed by atoms with Crippen LogP contribution in [0.2, 0.25) is 15.1 Å². The van der Waals surface area contributed by atoms with E-state index in [4.69, 9.17) is 39.5 Å². The van der Waals surface area contributed by atoms with Crippen molar-refractivity contribution in [1.29, 1.82) is 0 Å². The number of esters is 1. The van der Waals surface area contributed by atoms with E-state index in [1.54, 1.807) is 35.2 Å². The number of ether oxygens (including phenoxy) is 1. The maximum atomic E-state index is 14.8. The Labute approximate surface area is 277 Å². The van der Waals surface area contributed by atoms with E-state index >= 15 is 0 Å². The molecule has 1 aliphatic carbocycles. The molecule has 4 aromatic rings. The first kappa shape index (κ1) is 32.8. The highest BCUT2D eigenvalue weighted by molar-refractivity contribution is 6.42. The van der Waals surface area contributed by atoms with Gasteiger partial charge in [-0.2, -0.15) is 0 Å². The van der Waals surface area contributed by atoms with Gasteiger partial charge in [-0.25, -0.2) is 4.79 Å². The van der Waals surface area contributed by atoms with Crippen LogP contribution in [0, 0.1) is 6.92 Å². The Balaban J connectivity index is 1.67. The van der Waals surface area contributed by atoms with Gasteiger partial charge >= 0.3 is 5.97 Å². The number of H-pyrrole nitrogens is 1. The van der Waals surface area contributed by atoms with Gasteiger partial charge in [0.1, 0.15) is 5.60 Å². The number of aryl methyl sites for hydroxylation is 1. The molecule has 1 saturated carbocycles. The third kappa shape index (κ3) is 6.54. The molecular formula is C35H34Cl3N3O4. The highest BCUT2D eigenvalue weighted by Gasteiger charge is 2.44. The van der Waals surface area contributed by atoms with Crippen LogP contribution in [0.25, 0.3) is 28.1 Å². The number of ketones is 1. The Hall–Kier alpha value is -3.62. The summed E-state index contributed by atoms with van der Waals surface area (Å²) in [6.07, 6.45) is 10.2. The molecule has 2 aromatic heterocycles. The van der Waals surface area contributed by atoms with E-state index in [2.05, 4.69) is 16.9 Å². The number of aromatic amines is 1. The van der Waals surface area contributed by atoms with Crippen LogP contribution in [0.15, 0.2) is 61.5 Å². The van der Waals surface area contributed by atoms with Crippen LogP contribution in [-0.2, 0) is 19.9 Å². The second kappa shape index (κ2) is 12.6. The number of carbonyl (C=O) groups excluding carboxylic acids is 3. The molecular weight excluding hydrogens is 633 g/mol. The summed E-state index contributed by atoms with van der Waals surface area (Å²) in [5, 5.41) is 5.18. The molecule has 1 aliphatic rings. The number of carbonyl (C=O) groups is 3. The lowest BCUT2D eigenvalue weighted by molar-refractivity contribution is -0.148. The average Bonchev–Trinajstić information content (AvgIpc) is 3.51. The standard InChI is InChI=1S/C35H34Cl3N3O4/c1-6-23(42)17-40-35(13-8-14-35)32-31(24(18-39-32)30-25(37)15-22(36)16-26(30)38)33(44)41-19-20(2)29-21(9-7-10-27(29)41)11-12-28(43)45-34(3,4)5/h6-7,9-12,15-16,18-19,39-40H,1,8,13-14,17H2,2-5H3/b12-11+. The van der Waals surface area contributed by atoms with Crippen LogP contribution >= 0.6 is 34.8 Å². The summed E-state index contributed by atoms with van der Waals surface area (Å²) in [7, 11) is 0. The third-order valence-electron chi connectivity index (χ3n) is 7.96. The van der Waals surface area contributed by atoms with Gasteiger partial charge in [0, 0.05) is 45.7 Å². The third-order valence-corrected chi connectivity index (χ3v) is 8.77. The molecule has 45 heavy (non-hydrogen) atoms. The largest absolute Gasteiger partial charge is 0.457 e. The number of aromatic nitrogens is 2. The minimum atomic E-state index is -0.646. The van der Waals surface area contributed by atoms with Gasteiger partial charge in [-0.3, -0.25) is 19.5 Å². The lowest BCUT2D eigenvalue weighted by atomic mass is 9.72. The van der Waals surface area contributed by atoms with E-state index in [9.17, 15) is 14.4 Å². The van der Waals surface area contributed by atoms with E-state index < -0.39 is 17.1 Å². The molecule has 7 nitrogen and oxygen atoms in total. The number of halogens is 3. The SMILES string of the molecule is C=CC(=O)CNC1(c2[nH]cc(-c3c(Cl)cc(Cl)cc3Cl)c2C(=O)n2cc(C)c3c(/C=C/C(=O)OC(C)(C)C)cccc32)CCC1. The van der Waals surface area contributed by atoms with E-state index in [0.717, 1.165) is 22.9 Å². The highest BCUT2D eigenvalue weighted by Crippen LogP contribution is 2.47. The van der Waals surface area contributed by atoms with Crippen molar-refractivity contribution in [1.82, 2.24) is 14.9 Å². The molecule has 1 fully saturated rings. The first-order valence-electron chi connectivity index (χ1n) is 14.6. The second-order valence-electron chi connectivity index (χ2n) is 12.3. The molecule has 0 atom stereocenters. The molecule has 2 N–H and O–H groups in total. The number of nitrogens with zero attached hydrogens (tertiary/aromatic N) is 1. The molecule has 0 saturated heterocycles. The monoisotopic (exact) mass is 665 g/mol. The van der Waals surface area contributed by atoms with Crippen molar-refractivity contribution in [3.63, 3.8) is 0 Å². The Bertz CT molecular complexity index is 1850. The number of rotatable bonds is 9. The van der Waals surface area contributed by atoms with Crippen molar-refractivity contribution >= 4 is 69.4 Å². The number of nitrogens with one attached hydrogen (secondary N) is 2. The van der Waals surface area contributed by atoms with Gasteiger partial charge in [-0.15, -0.1) is 0 Å². The Morgan fingerprint density at radius 1 is 1.13 bits per heavy atom. The fourth-order valence-corrected chi connectivity index (χ4v) is 6.85. The molecule has 2 heterocycles. The summed E-state index contributed by atoms with van der Waals surface area (Å²) >= 11 is 19.6. The van der Waals surface area contributed by atoms with Crippen LogP contribution in [-0.4, -0.2) is 39.4 Å². The fraction of sp³-hybridized carbons (Fsp3) is 0.286. The van der Waals surface area contributed by atoms with Gasteiger partial charge < -0.3 is 9.72 Å². The average molecular weight is 667 g/mol. The van der Waals surface area contributed by atoms with Crippen LogP contribution < -0.4 is 5.32 Å². The summed E-state index contributed by atoms with van der Waals surface area (Å²) in [4.78, 5) is 42.8. The van der Waals surface area contributed by atoms with Crippen LogP contribution in [0.4, 0.5) is 0 Å². The van der Waals surface area contributed by atoms with Gasteiger partial charge in [0.15, 0.2) is 5.78 Å². The van der Waals surface area contributed by atoms with Crippen molar-refractivity contribution in [3.8, 4) is 11.1 Å². The van der Waals surface area contributed by atoms with Gasteiger partial charge in [0.05, 0.1) is 33.2 Å². The predicted molar refractivity (Wildman–Crippen MR) is 181 cm³/mol. The number of fused-ring (bicyclic) bond motifs is 1. The Morgan fingerprint density at radius 2 is 1.82 bits per heavy atom. The normalized spacial score (nSPS) is 14.5. The van der Waals surface area contributed by atoms with E-state index in [-0.39, 0.29) is 18.2 Å². The molecule has 0 radical (unpaired) electrons. The van der Waals surface area contributed by atoms with Crippen molar-refractivity contribution in [2.75, 3.05) is 6.54 Å². The minimum Gasteiger partial charge on any atom is -0.457 e. The van der Waals surface area contributed by atoms with Crippen LogP contribution in [0.3, 0.4) is 0 Å². The number of benzene rings is 2. The summed E-state index contributed by atoms with van der Waals surface area (Å²) in [6.45, 7) is 11.0. The fourth-order valence-electron chi connectivity index (χ4n) is 5.83. The summed E-state index contributed by atoms with van der Waals surface area (Å²) in [5.41, 5.74) is 3.02. The van der Waals surface area contributed by atoms with Gasteiger partial charge in [0.25, 0.3) is 5.91 Å². The molecule has 10 heteroatoms. The molecule has 0 bridgehead atoms. The van der Waals surface area contributed by atoms with Crippen molar-refractivity contribution < 1.29 is 19.1 Å². The number of hydrogen-bond acceptors (Lipinski definition) is 5. The van der Waals surface area contributed by atoms with Crippen molar-refractivity contribution in [3.05, 3.63) is 98.9 Å². The lowest BCUT2D eigenvalue weighted by Crippen LogP contribution is -2.50. The molecule has 0 aliphatic heterocycles. The van der Waals surface area contributed by atoms with E-state index in [1.165, 1.54) is 12.2 Å². The molecule has 5 rings (SSSR count). The predicted octanol–water partition coefficient (Wildman–Crippen LogP) is 8.67. The van der Waals surface area contributed by atoms with Gasteiger partial charge in [-0.1, -0.05) is 53.5 Å². The first-order chi connectivity index (χ1) is 21.2. The second-order valence-corrected chi connectivity index (χ2v) is 13.5. The molecule has 0 unspecified atom stereocenters. The summed E-state index contributed by atoms with van der Waals surface area (Å²) in [6, 6.07) is 8.75. The Morgan fingerprint density at radius 3 is 2.42 bits per heavy atom. The van der Waals surface area contributed by atoms with Gasteiger partial charge in [0.2, 0.25) is 0 Å². The van der Waals surface area contributed by atoms with Crippen LogP contribution in [0.1, 0.15) is 67.2 Å². The zero-order valence-corrected chi connectivity index (χ0v) is 27.8. The molecule has 2 aromatic carbocycles. The summed E-state index contributed by atoms with van der Waals surface area (Å²) < 4.78 is 7.03.